The van der Waals surface area contributed by atoms with Crippen LogP contribution in [-0.2, 0) is 14.3 Å². The standard InChI is InChI=1S/C51H97NO8/c1-3-5-7-9-11-13-15-17-19-20-21-22-23-24-25-26-27-29-31-33-35-37-39-41-47(55)52-44(43-59-51-50(58)49(57)48(56)46(42-53)60-51)45(54)40-38-36-34-32-30-28-18-16-14-12-10-8-6-4-2/h21-22,24-25,44-46,48-51,53-54,56-58H,3-20,23,26-43H2,1-2H3,(H,52,55)/b22-21-,25-24-. The lowest BCUT2D eigenvalue weighted by atomic mass is 9.99. The van der Waals surface area contributed by atoms with E-state index in [2.05, 4.69) is 43.5 Å². The second-order valence-electron chi connectivity index (χ2n) is 18.0. The summed E-state index contributed by atoms with van der Waals surface area (Å²) in [7, 11) is 0. The van der Waals surface area contributed by atoms with Gasteiger partial charge in [-0.25, -0.2) is 0 Å². The maximum absolute atomic E-state index is 13.0. The smallest absolute Gasteiger partial charge is 0.220 e. The van der Waals surface area contributed by atoms with E-state index in [9.17, 15) is 30.3 Å². The third-order valence-corrected chi connectivity index (χ3v) is 12.3. The molecule has 0 bridgehead atoms. The van der Waals surface area contributed by atoms with Crippen molar-refractivity contribution < 1.29 is 39.8 Å². The van der Waals surface area contributed by atoms with E-state index in [1.54, 1.807) is 0 Å². The molecule has 0 radical (unpaired) electrons. The first-order chi connectivity index (χ1) is 29.3. The zero-order chi connectivity index (χ0) is 43.7. The van der Waals surface area contributed by atoms with Crippen molar-refractivity contribution in [1.29, 1.82) is 0 Å². The first-order valence-corrected chi connectivity index (χ1v) is 25.5. The van der Waals surface area contributed by atoms with Crippen LogP contribution in [0.1, 0.15) is 239 Å². The number of carbonyl (C=O) groups excluding carboxylic acids is 1. The molecule has 6 N–H and O–H groups in total. The van der Waals surface area contributed by atoms with E-state index in [0.717, 1.165) is 51.4 Å². The average molecular weight is 852 g/mol. The number of aliphatic hydroxyl groups excluding tert-OH is 5. The van der Waals surface area contributed by atoms with Gasteiger partial charge in [-0.1, -0.05) is 212 Å². The van der Waals surface area contributed by atoms with Crippen LogP contribution in [0.2, 0.25) is 0 Å². The van der Waals surface area contributed by atoms with Gasteiger partial charge in [0, 0.05) is 6.42 Å². The third kappa shape index (κ3) is 31.5. The summed E-state index contributed by atoms with van der Waals surface area (Å²) in [5, 5.41) is 54.4. The van der Waals surface area contributed by atoms with Crippen molar-refractivity contribution in [3.63, 3.8) is 0 Å². The molecular formula is C51H97NO8. The van der Waals surface area contributed by atoms with E-state index in [1.807, 2.05) is 0 Å². The molecule has 0 saturated carbocycles. The molecule has 1 saturated heterocycles. The van der Waals surface area contributed by atoms with Crippen molar-refractivity contribution in [3.05, 3.63) is 24.3 Å². The maximum atomic E-state index is 13.0. The van der Waals surface area contributed by atoms with Crippen LogP contribution in [0.3, 0.4) is 0 Å². The van der Waals surface area contributed by atoms with Gasteiger partial charge in [-0.2, -0.15) is 0 Å². The molecule has 0 aromatic rings. The molecule has 9 nitrogen and oxygen atoms in total. The molecule has 1 amide bonds. The zero-order valence-electron chi connectivity index (χ0n) is 39.0. The molecule has 1 aliphatic heterocycles. The number of rotatable bonds is 43. The van der Waals surface area contributed by atoms with Crippen LogP contribution in [0, 0.1) is 0 Å². The van der Waals surface area contributed by atoms with Gasteiger partial charge in [-0.05, 0) is 44.9 Å². The van der Waals surface area contributed by atoms with Crippen molar-refractivity contribution in [1.82, 2.24) is 5.32 Å². The van der Waals surface area contributed by atoms with Gasteiger partial charge in [-0.15, -0.1) is 0 Å². The van der Waals surface area contributed by atoms with E-state index in [-0.39, 0.29) is 12.5 Å². The Morgan fingerprint density at radius 1 is 0.567 bits per heavy atom. The largest absolute Gasteiger partial charge is 0.394 e. The monoisotopic (exact) mass is 852 g/mol. The number of nitrogens with one attached hydrogen (secondary N) is 1. The lowest BCUT2D eigenvalue weighted by molar-refractivity contribution is -0.302. The molecule has 1 aliphatic rings. The summed E-state index contributed by atoms with van der Waals surface area (Å²) in [6.45, 7) is 3.84. The van der Waals surface area contributed by atoms with Crippen LogP contribution in [-0.4, -0.2) is 87.5 Å². The molecule has 1 rings (SSSR count). The number of amides is 1. The zero-order valence-corrected chi connectivity index (χ0v) is 39.0. The molecule has 7 atom stereocenters. The fourth-order valence-electron chi connectivity index (χ4n) is 8.19. The number of ether oxygens (including phenoxy) is 2. The summed E-state index contributed by atoms with van der Waals surface area (Å²) in [6.07, 6.45) is 43.3. The minimum absolute atomic E-state index is 0.139. The summed E-state index contributed by atoms with van der Waals surface area (Å²) in [5.41, 5.74) is 0. The third-order valence-electron chi connectivity index (χ3n) is 12.3. The molecule has 1 heterocycles. The predicted molar refractivity (Wildman–Crippen MR) is 249 cm³/mol. The fourth-order valence-corrected chi connectivity index (χ4v) is 8.19. The van der Waals surface area contributed by atoms with E-state index in [0.29, 0.717) is 12.8 Å². The molecule has 1 fully saturated rings. The van der Waals surface area contributed by atoms with E-state index >= 15 is 0 Å². The molecule has 7 unspecified atom stereocenters. The van der Waals surface area contributed by atoms with E-state index in [1.165, 1.54) is 161 Å². The molecule has 60 heavy (non-hydrogen) atoms. The number of unbranched alkanes of at least 4 members (excludes halogenated alkanes) is 29. The molecule has 0 aliphatic carbocycles. The Bertz CT molecular complexity index is 992. The van der Waals surface area contributed by atoms with Crippen molar-refractivity contribution in [2.24, 2.45) is 0 Å². The van der Waals surface area contributed by atoms with Crippen LogP contribution in [0.4, 0.5) is 0 Å². The van der Waals surface area contributed by atoms with Crippen molar-refractivity contribution >= 4 is 5.91 Å². The first kappa shape index (κ1) is 56.7. The minimum atomic E-state index is -1.55. The SMILES string of the molecule is CCCCCCCCCCC/C=C\C/C=C\CCCCCCCCCC(=O)NC(COC1OC(CO)C(O)C(O)C1O)C(O)CCCCCCCCCCCCCCCC. The highest BCUT2D eigenvalue weighted by Crippen LogP contribution is 2.23. The lowest BCUT2D eigenvalue weighted by Crippen LogP contribution is -2.60. The molecule has 0 aromatic carbocycles. The number of allylic oxidation sites excluding steroid dienone is 4. The predicted octanol–water partition coefficient (Wildman–Crippen LogP) is 11.5. The van der Waals surface area contributed by atoms with Crippen LogP contribution < -0.4 is 5.32 Å². The van der Waals surface area contributed by atoms with E-state index < -0.39 is 49.5 Å². The van der Waals surface area contributed by atoms with Gasteiger partial charge in [0.05, 0.1) is 25.4 Å². The Balaban J connectivity index is 2.26. The van der Waals surface area contributed by atoms with Crippen LogP contribution in [0.5, 0.6) is 0 Å². The van der Waals surface area contributed by atoms with Crippen LogP contribution in [0.25, 0.3) is 0 Å². The highest BCUT2D eigenvalue weighted by atomic mass is 16.7. The average Bonchev–Trinajstić information content (AvgIpc) is 3.25. The second kappa shape index (κ2) is 41.7. The Morgan fingerprint density at radius 3 is 1.43 bits per heavy atom. The quantitative estimate of drug-likeness (QED) is 0.0262. The highest BCUT2D eigenvalue weighted by molar-refractivity contribution is 5.76. The molecule has 0 spiro atoms. The Morgan fingerprint density at radius 2 is 0.983 bits per heavy atom. The van der Waals surface area contributed by atoms with Gasteiger partial charge in [0.15, 0.2) is 6.29 Å². The van der Waals surface area contributed by atoms with Gasteiger partial charge in [-0.3, -0.25) is 4.79 Å². The summed E-state index contributed by atoms with van der Waals surface area (Å²) in [6, 6.07) is -0.721. The summed E-state index contributed by atoms with van der Waals surface area (Å²) in [4.78, 5) is 13.0. The normalized spacial score (nSPS) is 20.7. The number of aliphatic hydroxyl groups is 5. The molecule has 9 heteroatoms. The van der Waals surface area contributed by atoms with Crippen molar-refractivity contribution in [2.45, 2.75) is 281 Å². The van der Waals surface area contributed by atoms with Crippen molar-refractivity contribution in [2.75, 3.05) is 13.2 Å². The summed E-state index contributed by atoms with van der Waals surface area (Å²) in [5.74, 6) is -0.150. The molecule has 0 aromatic heterocycles. The maximum Gasteiger partial charge on any atom is 0.220 e. The van der Waals surface area contributed by atoms with Gasteiger partial charge in [0.1, 0.15) is 24.4 Å². The fraction of sp³-hybridized carbons (Fsp3) is 0.902. The summed E-state index contributed by atoms with van der Waals surface area (Å²) < 4.78 is 11.3. The molecular weight excluding hydrogens is 755 g/mol. The van der Waals surface area contributed by atoms with Gasteiger partial charge >= 0.3 is 0 Å². The lowest BCUT2D eigenvalue weighted by Gasteiger charge is -2.40. The second-order valence-corrected chi connectivity index (χ2v) is 18.0. The van der Waals surface area contributed by atoms with E-state index in [4.69, 9.17) is 9.47 Å². The first-order valence-electron chi connectivity index (χ1n) is 25.5. The number of hydrogen-bond acceptors (Lipinski definition) is 8. The topological polar surface area (TPSA) is 149 Å². The Labute approximate surface area is 369 Å². The minimum Gasteiger partial charge on any atom is -0.394 e. The number of hydrogen-bond donors (Lipinski definition) is 6. The molecule has 354 valence electrons. The van der Waals surface area contributed by atoms with Crippen LogP contribution >= 0.6 is 0 Å². The summed E-state index contributed by atoms with van der Waals surface area (Å²) >= 11 is 0. The Kier molecular flexibility index (Phi) is 39.4. The highest BCUT2D eigenvalue weighted by Gasteiger charge is 2.44. The van der Waals surface area contributed by atoms with Crippen LogP contribution in [0.15, 0.2) is 24.3 Å². The number of carbonyl (C=O) groups is 1. The van der Waals surface area contributed by atoms with Gasteiger partial charge in [0.2, 0.25) is 5.91 Å². The Hall–Kier alpha value is -1.33. The van der Waals surface area contributed by atoms with Crippen molar-refractivity contribution in [3.8, 4) is 0 Å². The van der Waals surface area contributed by atoms with Gasteiger partial charge < -0.3 is 40.3 Å². The van der Waals surface area contributed by atoms with Gasteiger partial charge in [0.25, 0.3) is 0 Å².